The van der Waals surface area contributed by atoms with Crippen molar-refractivity contribution in [1.29, 1.82) is 0 Å². The minimum atomic E-state index is -0.156. The lowest BCUT2D eigenvalue weighted by Crippen LogP contribution is -2.28. The molecule has 0 bridgehead atoms. The topological polar surface area (TPSA) is 110 Å². The van der Waals surface area contributed by atoms with E-state index in [4.69, 9.17) is 11.5 Å². The van der Waals surface area contributed by atoms with Gasteiger partial charge in [-0.05, 0) is 38.8 Å². The molecule has 6 nitrogen and oxygen atoms in total. The number of carbonyl (C=O) groups excluding carboxylic acids is 2. The lowest BCUT2D eigenvalue weighted by molar-refractivity contribution is -0.119. The summed E-state index contributed by atoms with van der Waals surface area (Å²) < 4.78 is 0. The molecule has 6 N–H and O–H groups in total. The van der Waals surface area contributed by atoms with Crippen molar-refractivity contribution in [1.82, 2.24) is 10.6 Å². The molecule has 2 amide bonds. The fraction of sp³-hybridized carbons (Fsp3) is 0.947. The first-order chi connectivity index (χ1) is 21.6. The molecule has 0 aromatic rings. The van der Waals surface area contributed by atoms with Gasteiger partial charge in [0.25, 0.3) is 0 Å². The first-order valence-corrected chi connectivity index (χ1v) is 19.6. The summed E-state index contributed by atoms with van der Waals surface area (Å²) in [4.78, 5) is 21.4. The van der Waals surface area contributed by atoms with Gasteiger partial charge in [-0.1, -0.05) is 167 Å². The molecule has 0 atom stereocenters. The van der Waals surface area contributed by atoms with Gasteiger partial charge < -0.3 is 22.1 Å². The van der Waals surface area contributed by atoms with E-state index in [0.717, 1.165) is 38.8 Å². The summed E-state index contributed by atoms with van der Waals surface area (Å²) >= 11 is 0. The van der Waals surface area contributed by atoms with E-state index in [9.17, 15) is 9.59 Å². The minimum absolute atomic E-state index is 0.156. The predicted molar refractivity (Wildman–Crippen MR) is 192 cm³/mol. The molecule has 0 spiro atoms. The van der Waals surface area contributed by atoms with Gasteiger partial charge in [0.15, 0.2) is 0 Å². The van der Waals surface area contributed by atoms with Crippen molar-refractivity contribution in [2.45, 2.75) is 205 Å². The van der Waals surface area contributed by atoms with Crippen LogP contribution in [0.5, 0.6) is 0 Å². The molecule has 0 aliphatic rings. The maximum absolute atomic E-state index is 10.7. The van der Waals surface area contributed by atoms with E-state index >= 15 is 0 Å². The second-order valence-corrected chi connectivity index (χ2v) is 13.5. The Morgan fingerprint density at radius 1 is 0.273 bits per heavy atom. The summed E-state index contributed by atoms with van der Waals surface area (Å²) in [5.74, 6) is -0.312. The summed E-state index contributed by atoms with van der Waals surface area (Å²) in [7, 11) is 0. The van der Waals surface area contributed by atoms with Gasteiger partial charge in [0.1, 0.15) is 0 Å². The number of hydrogen-bond donors (Lipinski definition) is 4. The molecule has 0 aromatic heterocycles. The van der Waals surface area contributed by atoms with Gasteiger partial charge in [-0.25, -0.2) is 0 Å². The summed E-state index contributed by atoms with van der Waals surface area (Å²) in [6, 6.07) is 0. The molecule has 0 heterocycles. The van der Waals surface area contributed by atoms with Gasteiger partial charge in [0.05, 0.1) is 0 Å². The van der Waals surface area contributed by atoms with Crippen LogP contribution >= 0.6 is 0 Å². The average molecular weight is 623 g/mol. The number of rotatable bonds is 39. The summed E-state index contributed by atoms with van der Waals surface area (Å²) in [5.41, 5.74) is 10.3. The van der Waals surface area contributed by atoms with Crippen LogP contribution in [0.4, 0.5) is 0 Å². The molecule has 0 saturated carbocycles. The summed E-state index contributed by atoms with van der Waals surface area (Å²) in [6.45, 7) is 4.55. The Morgan fingerprint density at radius 2 is 0.455 bits per heavy atom. The number of carbonyl (C=O) groups is 2. The SMILES string of the molecule is NC(=O)CCCCCCCCCCCCCCCCCNCCNCCCCCCCCCCCCCCCCCC(N)=O. The van der Waals surface area contributed by atoms with Crippen LogP contribution in [0, 0.1) is 0 Å². The van der Waals surface area contributed by atoms with Crippen LogP contribution in [-0.4, -0.2) is 38.0 Å². The van der Waals surface area contributed by atoms with E-state index in [2.05, 4.69) is 10.6 Å². The van der Waals surface area contributed by atoms with Crippen LogP contribution < -0.4 is 22.1 Å². The van der Waals surface area contributed by atoms with E-state index in [1.54, 1.807) is 0 Å². The highest BCUT2D eigenvalue weighted by atomic mass is 16.1. The largest absolute Gasteiger partial charge is 0.370 e. The fourth-order valence-corrected chi connectivity index (χ4v) is 6.12. The third-order valence-electron chi connectivity index (χ3n) is 9.03. The number of hydrogen-bond acceptors (Lipinski definition) is 4. The van der Waals surface area contributed by atoms with E-state index in [1.165, 1.54) is 180 Å². The molecule has 0 rings (SSSR count). The first kappa shape index (κ1) is 42.9. The maximum Gasteiger partial charge on any atom is 0.217 e. The maximum atomic E-state index is 10.7. The number of amides is 2. The highest BCUT2D eigenvalue weighted by molar-refractivity contribution is 5.73. The molecule has 0 saturated heterocycles. The van der Waals surface area contributed by atoms with E-state index < -0.39 is 0 Å². The van der Waals surface area contributed by atoms with Crippen LogP contribution in [0.3, 0.4) is 0 Å². The highest BCUT2D eigenvalue weighted by Crippen LogP contribution is 2.15. The second-order valence-electron chi connectivity index (χ2n) is 13.5. The van der Waals surface area contributed by atoms with Gasteiger partial charge in [0.2, 0.25) is 11.8 Å². The Kier molecular flexibility index (Phi) is 37.1. The van der Waals surface area contributed by atoms with Gasteiger partial charge in [-0.2, -0.15) is 0 Å². The predicted octanol–water partition coefficient (Wildman–Crippen LogP) is 9.62. The van der Waals surface area contributed by atoms with Gasteiger partial charge in [0, 0.05) is 25.9 Å². The van der Waals surface area contributed by atoms with Crippen molar-refractivity contribution in [3.8, 4) is 0 Å². The van der Waals surface area contributed by atoms with Crippen molar-refractivity contribution in [2.75, 3.05) is 26.2 Å². The Hall–Kier alpha value is -1.14. The highest BCUT2D eigenvalue weighted by Gasteiger charge is 1.98. The van der Waals surface area contributed by atoms with Crippen LogP contribution in [-0.2, 0) is 9.59 Å². The zero-order chi connectivity index (χ0) is 32.0. The molecule has 6 heteroatoms. The van der Waals surface area contributed by atoms with Gasteiger partial charge >= 0.3 is 0 Å². The number of primary amides is 2. The first-order valence-electron chi connectivity index (χ1n) is 19.6. The quantitative estimate of drug-likeness (QED) is 0.0512. The Labute approximate surface area is 274 Å². The molecular weight excluding hydrogens is 544 g/mol. The Bertz CT molecular complexity index is 537. The Balaban J connectivity index is 3.05. The zero-order valence-corrected chi connectivity index (χ0v) is 29.4. The van der Waals surface area contributed by atoms with E-state index in [0.29, 0.717) is 12.8 Å². The lowest BCUT2D eigenvalue weighted by Gasteiger charge is -2.07. The lowest BCUT2D eigenvalue weighted by atomic mass is 10.0. The molecule has 0 unspecified atom stereocenters. The average Bonchev–Trinajstić information content (AvgIpc) is 3.00. The third-order valence-corrected chi connectivity index (χ3v) is 9.03. The molecule has 262 valence electrons. The smallest absolute Gasteiger partial charge is 0.217 e. The van der Waals surface area contributed by atoms with Crippen molar-refractivity contribution in [3.63, 3.8) is 0 Å². The van der Waals surface area contributed by atoms with E-state index in [1.807, 2.05) is 0 Å². The summed E-state index contributed by atoms with van der Waals surface area (Å²) in [5, 5.41) is 7.21. The number of nitrogens with one attached hydrogen (secondary N) is 2. The second kappa shape index (κ2) is 38.0. The molecular formula is C38H78N4O2. The molecule has 0 aromatic carbocycles. The van der Waals surface area contributed by atoms with Gasteiger partial charge in [-0.15, -0.1) is 0 Å². The van der Waals surface area contributed by atoms with Crippen LogP contribution in [0.25, 0.3) is 0 Å². The van der Waals surface area contributed by atoms with Crippen molar-refractivity contribution >= 4 is 11.8 Å². The molecule has 0 radical (unpaired) electrons. The van der Waals surface area contributed by atoms with Crippen molar-refractivity contribution in [3.05, 3.63) is 0 Å². The van der Waals surface area contributed by atoms with Crippen LogP contribution in [0.2, 0.25) is 0 Å². The van der Waals surface area contributed by atoms with E-state index in [-0.39, 0.29) is 11.8 Å². The zero-order valence-electron chi connectivity index (χ0n) is 29.4. The number of unbranched alkanes of at least 4 members (excludes halogenated alkanes) is 28. The summed E-state index contributed by atoms with van der Waals surface area (Å²) in [6.07, 6.45) is 41.1. The fourth-order valence-electron chi connectivity index (χ4n) is 6.12. The normalized spacial score (nSPS) is 11.4. The third kappa shape index (κ3) is 40.9. The standard InChI is InChI=1S/C38H78N4O2/c39-37(43)31-27-23-19-15-11-7-3-1-5-9-13-17-21-25-29-33-41-35-36-42-34-30-26-22-18-14-10-6-2-4-8-12-16-20-24-28-32-38(40)44/h41-42H,1-36H2,(H2,39,43)(H2,40,44). The molecule has 0 aliphatic carbocycles. The number of nitrogens with two attached hydrogens (primary N) is 2. The van der Waals surface area contributed by atoms with Crippen LogP contribution in [0.15, 0.2) is 0 Å². The monoisotopic (exact) mass is 623 g/mol. The van der Waals surface area contributed by atoms with Crippen LogP contribution in [0.1, 0.15) is 205 Å². The minimum Gasteiger partial charge on any atom is -0.370 e. The molecule has 44 heavy (non-hydrogen) atoms. The molecule has 0 aliphatic heterocycles. The van der Waals surface area contributed by atoms with Crippen molar-refractivity contribution < 1.29 is 9.59 Å². The van der Waals surface area contributed by atoms with Crippen molar-refractivity contribution in [2.24, 2.45) is 11.5 Å². The molecule has 0 fully saturated rings. The Morgan fingerprint density at radius 3 is 0.659 bits per heavy atom. The van der Waals surface area contributed by atoms with Gasteiger partial charge in [-0.3, -0.25) is 9.59 Å².